The second-order valence-electron chi connectivity index (χ2n) is 5.12. The van der Waals surface area contributed by atoms with Crippen LogP contribution >= 0.6 is 0 Å². The third-order valence-corrected chi connectivity index (χ3v) is 3.44. The molecule has 0 saturated heterocycles. The Kier molecular flexibility index (Phi) is 4.33. The molecule has 1 aliphatic carbocycles. The van der Waals surface area contributed by atoms with Gasteiger partial charge in [0.05, 0.1) is 5.69 Å². The molecule has 1 aromatic heterocycles. The first-order chi connectivity index (χ1) is 8.72. The number of nitrogens with zero attached hydrogens (tertiary/aromatic N) is 3. The fraction of sp³-hybridized carbons (Fsp3) is 0.769. The van der Waals surface area contributed by atoms with Crippen molar-refractivity contribution >= 4 is 5.97 Å². The Hall–Kier alpha value is -1.39. The smallest absolute Gasteiger partial charge is 0.358 e. The van der Waals surface area contributed by atoms with E-state index in [2.05, 4.69) is 17.2 Å². The quantitative estimate of drug-likeness (QED) is 0.721. The molecule has 1 heterocycles. The van der Waals surface area contributed by atoms with Gasteiger partial charge in [-0.05, 0) is 31.6 Å². The average molecular weight is 251 g/mol. The molecule has 0 aliphatic heterocycles. The van der Waals surface area contributed by atoms with Crippen molar-refractivity contribution < 1.29 is 9.90 Å². The molecule has 0 spiro atoms. The van der Waals surface area contributed by atoms with Gasteiger partial charge in [0.1, 0.15) is 0 Å². The monoisotopic (exact) mass is 251 g/mol. The van der Waals surface area contributed by atoms with Gasteiger partial charge >= 0.3 is 5.97 Å². The fourth-order valence-corrected chi connectivity index (χ4v) is 2.16. The van der Waals surface area contributed by atoms with E-state index in [1.165, 1.54) is 32.1 Å². The van der Waals surface area contributed by atoms with E-state index >= 15 is 0 Å². The number of carboxylic acid groups (broad SMARTS) is 1. The molecule has 1 fully saturated rings. The maximum absolute atomic E-state index is 11.1. The van der Waals surface area contributed by atoms with Gasteiger partial charge in [0, 0.05) is 6.54 Å². The lowest BCUT2D eigenvalue weighted by molar-refractivity contribution is 0.0689. The normalized spacial score (nSPS) is 14.9. The van der Waals surface area contributed by atoms with Crippen molar-refractivity contribution in [3.8, 4) is 0 Å². The molecule has 100 valence electrons. The van der Waals surface area contributed by atoms with Crippen molar-refractivity contribution in [2.24, 2.45) is 5.92 Å². The first-order valence-electron chi connectivity index (χ1n) is 6.88. The molecule has 0 radical (unpaired) electrons. The molecule has 0 unspecified atom stereocenters. The molecule has 1 N–H and O–H groups in total. The highest BCUT2D eigenvalue weighted by Gasteiger charge is 2.27. The van der Waals surface area contributed by atoms with E-state index in [1.54, 1.807) is 4.68 Å². The van der Waals surface area contributed by atoms with Crippen molar-refractivity contribution in [2.75, 3.05) is 0 Å². The Bertz CT molecular complexity index is 410. The SMILES string of the molecule is CCCCCCn1nnc(C(=O)O)c1CC1CC1. The number of hydrogen-bond acceptors (Lipinski definition) is 3. The Labute approximate surface area is 107 Å². The van der Waals surface area contributed by atoms with Crippen LogP contribution in [-0.4, -0.2) is 26.1 Å². The van der Waals surface area contributed by atoms with Crippen LogP contribution in [0.5, 0.6) is 0 Å². The molecular formula is C13H21N3O2. The third-order valence-electron chi connectivity index (χ3n) is 3.44. The maximum atomic E-state index is 11.1. The van der Waals surface area contributed by atoms with Gasteiger partial charge in [0.25, 0.3) is 0 Å². The molecule has 1 aromatic rings. The zero-order valence-electron chi connectivity index (χ0n) is 10.9. The van der Waals surface area contributed by atoms with Gasteiger partial charge in [-0.1, -0.05) is 31.4 Å². The number of carbonyl (C=O) groups is 1. The summed E-state index contributed by atoms with van der Waals surface area (Å²) in [7, 11) is 0. The lowest BCUT2D eigenvalue weighted by atomic mass is 10.1. The zero-order chi connectivity index (χ0) is 13.0. The minimum absolute atomic E-state index is 0.150. The van der Waals surface area contributed by atoms with Crippen LogP contribution in [0.1, 0.15) is 61.6 Å². The molecule has 0 atom stereocenters. The number of aromatic nitrogens is 3. The first-order valence-corrected chi connectivity index (χ1v) is 6.88. The minimum Gasteiger partial charge on any atom is -0.476 e. The van der Waals surface area contributed by atoms with Crippen LogP contribution in [0.25, 0.3) is 0 Å². The highest BCUT2D eigenvalue weighted by Crippen LogP contribution is 2.33. The Morgan fingerprint density at radius 3 is 2.78 bits per heavy atom. The largest absolute Gasteiger partial charge is 0.476 e. The molecule has 1 saturated carbocycles. The standard InChI is InChI=1S/C13H21N3O2/c1-2-3-4-5-8-16-11(9-10-6-7-10)12(13(17)18)14-15-16/h10H,2-9H2,1H3,(H,17,18). The van der Waals surface area contributed by atoms with Crippen LogP contribution in [0.4, 0.5) is 0 Å². The highest BCUT2D eigenvalue weighted by atomic mass is 16.4. The van der Waals surface area contributed by atoms with Crippen molar-refractivity contribution in [3.05, 3.63) is 11.4 Å². The highest BCUT2D eigenvalue weighted by molar-refractivity contribution is 5.86. The van der Waals surface area contributed by atoms with Gasteiger partial charge in [-0.15, -0.1) is 5.10 Å². The lowest BCUT2D eigenvalue weighted by Gasteiger charge is -2.06. The molecule has 1 aliphatic rings. The predicted molar refractivity (Wildman–Crippen MR) is 67.6 cm³/mol. The summed E-state index contributed by atoms with van der Waals surface area (Å²) < 4.78 is 1.80. The van der Waals surface area contributed by atoms with E-state index in [-0.39, 0.29) is 5.69 Å². The summed E-state index contributed by atoms with van der Waals surface area (Å²) in [6.07, 6.45) is 7.88. The summed E-state index contributed by atoms with van der Waals surface area (Å²) in [6, 6.07) is 0. The second kappa shape index (κ2) is 5.98. The molecule has 0 bridgehead atoms. The van der Waals surface area contributed by atoms with Gasteiger partial charge in [0.2, 0.25) is 0 Å². The summed E-state index contributed by atoms with van der Waals surface area (Å²) in [5.74, 6) is -0.304. The number of hydrogen-bond donors (Lipinski definition) is 1. The number of carboxylic acids is 1. The van der Waals surface area contributed by atoms with Crippen LogP contribution in [0.3, 0.4) is 0 Å². The maximum Gasteiger partial charge on any atom is 0.358 e. The molecule has 0 amide bonds. The molecule has 18 heavy (non-hydrogen) atoms. The third kappa shape index (κ3) is 3.31. The summed E-state index contributed by atoms with van der Waals surface area (Å²) in [4.78, 5) is 11.1. The number of rotatable bonds is 8. The van der Waals surface area contributed by atoms with Crippen molar-refractivity contribution in [3.63, 3.8) is 0 Å². The van der Waals surface area contributed by atoms with Crippen LogP contribution in [0, 0.1) is 5.92 Å². The van der Waals surface area contributed by atoms with E-state index in [1.807, 2.05) is 0 Å². The molecule has 5 nitrogen and oxygen atoms in total. The second-order valence-corrected chi connectivity index (χ2v) is 5.12. The number of aromatic carboxylic acids is 1. The van der Waals surface area contributed by atoms with Crippen molar-refractivity contribution in [2.45, 2.75) is 58.4 Å². The molecule has 2 rings (SSSR count). The lowest BCUT2D eigenvalue weighted by Crippen LogP contribution is -2.09. The minimum atomic E-state index is -0.953. The summed E-state index contributed by atoms with van der Waals surface area (Å²) in [6.45, 7) is 2.97. The van der Waals surface area contributed by atoms with Gasteiger partial charge in [0.15, 0.2) is 5.69 Å². The fourth-order valence-electron chi connectivity index (χ4n) is 2.16. The topological polar surface area (TPSA) is 68.0 Å². The van der Waals surface area contributed by atoms with E-state index < -0.39 is 5.97 Å². The Balaban J connectivity index is 2.00. The van der Waals surface area contributed by atoms with Crippen LogP contribution in [-0.2, 0) is 13.0 Å². The van der Waals surface area contributed by atoms with Gasteiger partial charge in [-0.2, -0.15) is 0 Å². The van der Waals surface area contributed by atoms with Gasteiger partial charge in [-0.25, -0.2) is 9.48 Å². The summed E-state index contributed by atoms with van der Waals surface area (Å²) in [5.41, 5.74) is 0.971. The average Bonchev–Trinajstić information content (AvgIpc) is 3.05. The van der Waals surface area contributed by atoms with Gasteiger partial charge in [-0.3, -0.25) is 0 Å². The summed E-state index contributed by atoms with van der Waals surface area (Å²) in [5, 5.41) is 16.9. The number of aryl methyl sites for hydroxylation is 1. The van der Waals surface area contributed by atoms with Crippen LogP contribution in [0.2, 0.25) is 0 Å². The zero-order valence-corrected chi connectivity index (χ0v) is 10.9. The van der Waals surface area contributed by atoms with Crippen molar-refractivity contribution in [1.82, 2.24) is 15.0 Å². The van der Waals surface area contributed by atoms with Crippen LogP contribution in [0.15, 0.2) is 0 Å². The first kappa shape index (κ1) is 13.1. The van der Waals surface area contributed by atoms with Crippen LogP contribution < -0.4 is 0 Å². The summed E-state index contributed by atoms with van der Waals surface area (Å²) >= 11 is 0. The van der Waals surface area contributed by atoms with Crippen molar-refractivity contribution in [1.29, 1.82) is 0 Å². The Morgan fingerprint density at radius 2 is 2.17 bits per heavy atom. The van der Waals surface area contributed by atoms with E-state index in [0.717, 1.165) is 25.1 Å². The molecule has 5 heteroatoms. The van der Waals surface area contributed by atoms with E-state index in [0.29, 0.717) is 5.92 Å². The molecule has 0 aromatic carbocycles. The Morgan fingerprint density at radius 1 is 1.39 bits per heavy atom. The van der Waals surface area contributed by atoms with Gasteiger partial charge < -0.3 is 5.11 Å². The van der Waals surface area contributed by atoms with E-state index in [9.17, 15) is 4.79 Å². The van der Waals surface area contributed by atoms with E-state index in [4.69, 9.17) is 5.11 Å². The number of unbranched alkanes of at least 4 members (excludes halogenated alkanes) is 3. The predicted octanol–water partition coefficient (Wildman–Crippen LogP) is 2.51. The molecular weight excluding hydrogens is 230 g/mol.